The third kappa shape index (κ3) is 2.49. The molecule has 0 saturated carbocycles. The monoisotopic (exact) mass is 138 g/mol. The molecule has 0 rings (SSSR count). The summed E-state index contributed by atoms with van der Waals surface area (Å²) < 4.78 is 0. The van der Waals surface area contributed by atoms with Crippen molar-refractivity contribution >= 4 is 6.21 Å². The number of allylic oxidation sites excluding steroid dienone is 2. The summed E-state index contributed by atoms with van der Waals surface area (Å²) in [6.45, 7) is 9.40. The first-order chi connectivity index (χ1) is 4.59. The van der Waals surface area contributed by atoms with Crippen molar-refractivity contribution in [2.24, 2.45) is 10.7 Å². The molecule has 0 radical (unpaired) electrons. The van der Waals surface area contributed by atoms with Gasteiger partial charge in [0, 0.05) is 6.21 Å². The zero-order valence-corrected chi connectivity index (χ0v) is 6.81. The zero-order chi connectivity index (χ0) is 8.15. The molecule has 0 bridgehead atoms. The number of rotatable bonds is 2. The lowest BCUT2D eigenvalue weighted by Gasteiger charge is -2.00. The summed E-state index contributed by atoms with van der Waals surface area (Å²) in [4.78, 5) is 3.92. The van der Waals surface area contributed by atoms with Crippen LogP contribution in [0, 0.1) is 0 Å². The van der Waals surface area contributed by atoms with Gasteiger partial charge >= 0.3 is 0 Å². The quantitative estimate of drug-likeness (QED) is 0.459. The SMILES string of the molecule is C=C(C)/C(C)=C(N)\N=C/C. The number of nitrogens with two attached hydrogens (primary N) is 1. The van der Waals surface area contributed by atoms with E-state index in [9.17, 15) is 0 Å². The van der Waals surface area contributed by atoms with Crippen LogP contribution in [0.5, 0.6) is 0 Å². The Hall–Kier alpha value is -1.05. The molecule has 0 fully saturated rings. The number of aliphatic imine (C=N–C) groups is 1. The van der Waals surface area contributed by atoms with E-state index in [1.165, 1.54) is 0 Å². The van der Waals surface area contributed by atoms with Crippen LogP contribution in [0.2, 0.25) is 0 Å². The van der Waals surface area contributed by atoms with Crippen molar-refractivity contribution in [2.75, 3.05) is 0 Å². The predicted octanol–water partition coefficient (Wildman–Crippen LogP) is 1.84. The highest BCUT2D eigenvalue weighted by molar-refractivity contribution is 5.55. The molecule has 0 amide bonds. The van der Waals surface area contributed by atoms with Crippen LogP contribution in [-0.4, -0.2) is 6.21 Å². The van der Waals surface area contributed by atoms with E-state index in [1.807, 2.05) is 20.8 Å². The van der Waals surface area contributed by atoms with Crippen molar-refractivity contribution in [1.29, 1.82) is 0 Å². The molecule has 56 valence electrons. The van der Waals surface area contributed by atoms with Gasteiger partial charge in [0.15, 0.2) is 0 Å². The van der Waals surface area contributed by atoms with Gasteiger partial charge in [0.2, 0.25) is 0 Å². The maximum Gasteiger partial charge on any atom is 0.126 e. The molecule has 0 aliphatic rings. The predicted molar refractivity (Wildman–Crippen MR) is 45.9 cm³/mol. The van der Waals surface area contributed by atoms with Gasteiger partial charge in [0.05, 0.1) is 0 Å². The largest absolute Gasteiger partial charge is 0.383 e. The molecule has 0 aromatic carbocycles. The molecular weight excluding hydrogens is 124 g/mol. The molecule has 0 aliphatic carbocycles. The summed E-state index contributed by atoms with van der Waals surface area (Å²) in [5, 5.41) is 0. The highest BCUT2D eigenvalue weighted by Crippen LogP contribution is 2.07. The fourth-order valence-electron chi connectivity index (χ4n) is 0.455. The van der Waals surface area contributed by atoms with Crippen molar-refractivity contribution in [1.82, 2.24) is 0 Å². The zero-order valence-electron chi connectivity index (χ0n) is 6.81. The van der Waals surface area contributed by atoms with Crippen LogP contribution in [-0.2, 0) is 0 Å². The van der Waals surface area contributed by atoms with Crippen molar-refractivity contribution in [3.8, 4) is 0 Å². The maximum absolute atomic E-state index is 5.55. The van der Waals surface area contributed by atoms with E-state index in [-0.39, 0.29) is 0 Å². The van der Waals surface area contributed by atoms with Crippen molar-refractivity contribution in [3.63, 3.8) is 0 Å². The smallest absolute Gasteiger partial charge is 0.126 e. The second-order valence-electron chi connectivity index (χ2n) is 2.18. The number of hydrogen-bond donors (Lipinski definition) is 1. The molecule has 0 spiro atoms. The van der Waals surface area contributed by atoms with E-state index < -0.39 is 0 Å². The van der Waals surface area contributed by atoms with Gasteiger partial charge < -0.3 is 5.73 Å². The Morgan fingerprint density at radius 1 is 1.50 bits per heavy atom. The summed E-state index contributed by atoms with van der Waals surface area (Å²) >= 11 is 0. The third-order valence-corrected chi connectivity index (χ3v) is 1.29. The lowest BCUT2D eigenvalue weighted by Crippen LogP contribution is -1.98. The van der Waals surface area contributed by atoms with Crippen molar-refractivity contribution in [2.45, 2.75) is 20.8 Å². The van der Waals surface area contributed by atoms with E-state index in [1.54, 1.807) is 6.21 Å². The first-order valence-corrected chi connectivity index (χ1v) is 3.20. The average molecular weight is 138 g/mol. The van der Waals surface area contributed by atoms with Gasteiger partial charge in [-0.1, -0.05) is 12.2 Å². The van der Waals surface area contributed by atoms with Gasteiger partial charge in [-0.15, -0.1) is 0 Å². The van der Waals surface area contributed by atoms with Crippen molar-refractivity contribution in [3.05, 3.63) is 23.5 Å². The van der Waals surface area contributed by atoms with Gasteiger partial charge in [0.1, 0.15) is 5.82 Å². The van der Waals surface area contributed by atoms with E-state index >= 15 is 0 Å². The number of nitrogens with zero attached hydrogens (tertiary/aromatic N) is 1. The summed E-state index contributed by atoms with van der Waals surface area (Å²) in [5.41, 5.74) is 7.47. The molecule has 0 atom stereocenters. The minimum absolute atomic E-state index is 0.551. The first-order valence-electron chi connectivity index (χ1n) is 3.20. The van der Waals surface area contributed by atoms with Crippen LogP contribution in [0.4, 0.5) is 0 Å². The Balaban J connectivity index is 4.50. The minimum atomic E-state index is 0.551. The molecule has 2 heteroatoms. The Bertz CT molecular complexity index is 187. The molecule has 0 saturated heterocycles. The van der Waals surface area contributed by atoms with Gasteiger partial charge in [-0.2, -0.15) is 0 Å². The summed E-state index contributed by atoms with van der Waals surface area (Å²) in [5.74, 6) is 0.551. The second kappa shape index (κ2) is 3.88. The minimum Gasteiger partial charge on any atom is -0.383 e. The molecule has 0 aromatic heterocycles. The maximum atomic E-state index is 5.55. The normalized spacial score (nSPS) is 13.5. The first kappa shape index (κ1) is 8.95. The lowest BCUT2D eigenvalue weighted by molar-refractivity contribution is 1.16. The van der Waals surface area contributed by atoms with E-state index in [4.69, 9.17) is 5.73 Å². The van der Waals surface area contributed by atoms with Crippen LogP contribution in [0.15, 0.2) is 28.5 Å². The van der Waals surface area contributed by atoms with Crippen LogP contribution in [0.3, 0.4) is 0 Å². The van der Waals surface area contributed by atoms with Crippen LogP contribution >= 0.6 is 0 Å². The molecule has 0 aliphatic heterocycles. The van der Waals surface area contributed by atoms with Crippen LogP contribution in [0.1, 0.15) is 20.8 Å². The Morgan fingerprint density at radius 2 is 2.00 bits per heavy atom. The molecule has 2 nitrogen and oxygen atoms in total. The molecular formula is C8H14N2. The Kier molecular flexibility index (Phi) is 3.47. The van der Waals surface area contributed by atoms with E-state index in [0.29, 0.717) is 5.82 Å². The molecule has 10 heavy (non-hydrogen) atoms. The van der Waals surface area contributed by atoms with Crippen molar-refractivity contribution < 1.29 is 0 Å². The lowest BCUT2D eigenvalue weighted by atomic mass is 10.1. The van der Waals surface area contributed by atoms with Gasteiger partial charge in [0.25, 0.3) is 0 Å². The van der Waals surface area contributed by atoms with Gasteiger partial charge in [-0.3, -0.25) is 0 Å². The average Bonchev–Trinajstić information content (AvgIpc) is 1.87. The second-order valence-corrected chi connectivity index (χ2v) is 2.18. The number of hydrogen-bond acceptors (Lipinski definition) is 2. The topological polar surface area (TPSA) is 38.4 Å². The highest BCUT2D eigenvalue weighted by Gasteiger charge is 1.93. The summed E-state index contributed by atoms with van der Waals surface area (Å²) in [7, 11) is 0. The molecule has 0 aromatic rings. The van der Waals surface area contributed by atoms with E-state index in [2.05, 4.69) is 11.6 Å². The summed E-state index contributed by atoms with van der Waals surface area (Å²) in [6, 6.07) is 0. The van der Waals surface area contributed by atoms with Crippen LogP contribution < -0.4 is 5.73 Å². The summed E-state index contributed by atoms with van der Waals surface area (Å²) in [6.07, 6.45) is 1.67. The van der Waals surface area contributed by atoms with E-state index in [0.717, 1.165) is 11.1 Å². The van der Waals surface area contributed by atoms with Gasteiger partial charge in [-0.25, -0.2) is 4.99 Å². The Morgan fingerprint density at radius 3 is 2.30 bits per heavy atom. The molecule has 0 heterocycles. The van der Waals surface area contributed by atoms with Crippen LogP contribution in [0.25, 0.3) is 0 Å². The standard InChI is InChI=1S/C8H14N2/c1-5-10-8(9)7(4)6(2)3/h5H,2,9H2,1,3-4H3/b8-7-,10-5-. The third-order valence-electron chi connectivity index (χ3n) is 1.29. The van der Waals surface area contributed by atoms with Gasteiger partial charge in [-0.05, 0) is 26.3 Å². The molecule has 2 N–H and O–H groups in total. The fraction of sp³-hybridized carbons (Fsp3) is 0.375. The Labute approximate surface area is 62.1 Å². The molecule has 0 unspecified atom stereocenters. The fourth-order valence-corrected chi connectivity index (χ4v) is 0.455. The highest BCUT2D eigenvalue weighted by atomic mass is 14.9.